The predicted molar refractivity (Wildman–Crippen MR) is 81.7 cm³/mol. The lowest BCUT2D eigenvalue weighted by Crippen LogP contribution is -2.21. The minimum absolute atomic E-state index is 0.504. The van der Waals surface area contributed by atoms with Crippen LogP contribution in [0.15, 0.2) is 54.6 Å². The van der Waals surface area contributed by atoms with Crippen LogP contribution in [0.5, 0.6) is 0 Å². The van der Waals surface area contributed by atoms with Crippen molar-refractivity contribution in [2.45, 2.75) is 38.1 Å². The Morgan fingerprint density at radius 1 is 0.947 bits per heavy atom. The molecule has 0 amide bonds. The second-order valence-corrected chi connectivity index (χ2v) is 5.37. The molecule has 3 rings (SSSR count). The predicted octanol–water partition coefficient (Wildman–Crippen LogP) is 4.80. The van der Waals surface area contributed by atoms with E-state index in [1.807, 2.05) is 0 Å². The maximum absolute atomic E-state index is 3.72. The first-order chi connectivity index (χ1) is 9.40. The summed E-state index contributed by atoms with van der Waals surface area (Å²) in [6.45, 7) is 2.26. The van der Waals surface area contributed by atoms with E-state index in [-0.39, 0.29) is 0 Å². The van der Waals surface area contributed by atoms with Crippen LogP contribution in [-0.4, -0.2) is 6.04 Å². The molecule has 2 atom stereocenters. The minimum Gasteiger partial charge on any atom is -0.381 e. The molecule has 19 heavy (non-hydrogen) atoms. The van der Waals surface area contributed by atoms with E-state index in [4.69, 9.17) is 0 Å². The molecule has 1 aliphatic rings. The lowest BCUT2D eigenvalue weighted by Gasteiger charge is -2.20. The van der Waals surface area contributed by atoms with E-state index in [1.165, 1.54) is 36.1 Å². The minimum atomic E-state index is 0.504. The maximum atomic E-state index is 3.72. The molecule has 1 heteroatoms. The molecule has 2 aromatic rings. The summed E-state index contributed by atoms with van der Waals surface area (Å²) in [4.78, 5) is 0. The third-order valence-electron chi connectivity index (χ3n) is 4.07. The highest BCUT2D eigenvalue weighted by Gasteiger charge is 2.32. The molecule has 0 fully saturated rings. The first-order valence-electron chi connectivity index (χ1n) is 7.30. The Kier molecular flexibility index (Phi) is 3.54. The number of fused-ring (bicyclic) bond motifs is 1. The van der Waals surface area contributed by atoms with Gasteiger partial charge >= 0.3 is 0 Å². The van der Waals surface area contributed by atoms with Crippen LogP contribution in [0.3, 0.4) is 0 Å². The first kappa shape index (κ1) is 12.3. The van der Waals surface area contributed by atoms with Gasteiger partial charge in [0.25, 0.3) is 0 Å². The highest BCUT2D eigenvalue weighted by molar-refractivity contribution is 5.62. The number of benzene rings is 2. The van der Waals surface area contributed by atoms with Gasteiger partial charge in [0.15, 0.2) is 0 Å². The number of nitrogens with one attached hydrogen (secondary N) is 1. The van der Waals surface area contributed by atoms with Crippen molar-refractivity contribution in [3.63, 3.8) is 0 Å². The molecular formula is C18H21N. The molecular weight excluding hydrogens is 230 g/mol. The molecule has 0 saturated heterocycles. The quantitative estimate of drug-likeness (QED) is 0.822. The molecule has 0 saturated carbocycles. The van der Waals surface area contributed by atoms with Crippen LogP contribution in [0.1, 0.15) is 43.2 Å². The number of anilines is 1. The Labute approximate surface area is 115 Å². The zero-order valence-corrected chi connectivity index (χ0v) is 11.5. The van der Waals surface area contributed by atoms with Crippen molar-refractivity contribution < 1.29 is 0 Å². The van der Waals surface area contributed by atoms with Crippen molar-refractivity contribution in [2.24, 2.45) is 0 Å². The van der Waals surface area contributed by atoms with E-state index < -0.39 is 0 Å². The van der Waals surface area contributed by atoms with E-state index in [2.05, 4.69) is 66.8 Å². The molecule has 1 N–H and O–H groups in total. The highest BCUT2D eigenvalue weighted by atomic mass is 15.0. The molecule has 1 aliphatic heterocycles. The fourth-order valence-corrected chi connectivity index (χ4v) is 3.13. The van der Waals surface area contributed by atoms with Crippen molar-refractivity contribution >= 4 is 5.69 Å². The highest BCUT2D eigenvalue weighted by Crippen LogP contribution is 2.41. The number of unbranched alkanes of at least 4 members (excludes halogenated alkanes) is 1. The summed E-state index contributed by atoms with van der Waals surface area (Å²) in [5, 5.41) is 3.72. The van der Waals surface area contributed by atoms with Crippen LogP contribution in [-0.2, 0) is 0 Å². The van der Waals surface area contributed by atoms with Crippen molar-refractivity contribution in [1.29, 1.82) is 0 Å². The van der Waals surface area contributed by atoms with Crippen LogP contribution in [0.2, 0.25) is 0 Å². The second-order valence-electron chi connectivity index (χ2n) is 5.37. The summed E-state index contributed by atoms with van der Waals surface area (Å²) >= 11 is 0. The van der Waals surface area contributed by atoms with Gasteiger partial charge in [0, 0.05) is 17.6 Å². The molecule has 1 heterocycles. The monoisotopic (exact) mass is 251 g/mol. The van der Waals surface area contributed by atoms with E-state index >= 15 is 0 Å². The summed E-state index contributed by atoms with van der Waals surface area (Å²) in [6.07, 6.45) is 3.79. The average Bonchev–Trinajstić information content (AvgIpc) is 2.84. The Balaban J connectivity index is 1.96. The summed E-state index contributed by atoms with van der Waals surface area (Å²) in [6, 6.07) is 20.2. The van der Waals surface area contributed by atoms with Gasteiger partial charge in [0.1, 0.15) is 0 Å². The van der Waals surface area contributed by atoms with Crippen LogP contribution >= 0.6 is 0 Å². The summed E-state index contributed by atoms with van der Waals surface area (Å²) in [7, 11) is 0. The summed E-state index contributed by atoms with van der Waals surface area (Å²) < 4.78 is 0. The molecule has 0 aromatic heterocycles. The molecule has 0 unspecified atom stereocenters. The number of para-hydroxylation sites is 1. The summed E-state index contributed by atoms with van der Waals surface area (Å²) in [5.74, 6) is 0.504. The van der Waals surface area contributed by atoms with Crippen molar-refractivity contribution in [2.75, 3.05) is 5.32 Å². The fraction of sp³-hybridized carbons (Fsp3) is 0.333. The largest absolute Gasteiger partial charge is 0.381 e. The van der Waals surface area contributed by atoms with E-state index in [0.717, 1.165) is 0 Å². The topological polar surface area (TPSA) is 12.0 Å². The molecule has 0 spiro atoms. The smallest absolute Gasteiger partial charge is 0.0382 e. The van der Waals surface area contributed by atoms with Gasteiger partial charge in [-0.05, 0) is 23.6 Å². The lowest BCUT2D eigenvalue weighted by atomic mass is 9.86. The standard InChI is InChI=1S/C18H21N/c1-2-3-12-17-18(14-9-5-4-6-10-14)15-11-7-8-13-16(15)19-17/h4-11,13,17-19H,2-3,12H2,1H3/t17-,18-/m1/s1. The Bertz CT molecular complexity index is 532. The second kappa shape index (κ2) is 5.48. The third kappa shape index (κ3) is 2.37. The fourth-order valence-electron chi connectivity index (χ4n) is 3.13. The normalized spacial score (nSPS) is 20.9. The van der Waals surface area contributed by atoms with Crippen molar-refractivity contribution in [3.05, 3.63) is 65.7 Å². The molecule has 1 nitrogen and oxygen atoms in total. The maximum Gasteiger partial charge on any atom is 0.0382 e. The first-order valence-corrected chi connectivity index (χ1v) is 7.30. The van der Waals surface area contributed by atoms with Crippen LogP contribution in [0.25, 0.3) is 0 Å². The van der Waals surface area contributed by atoms with Gasteiger partial charge in [0.2, 0.25) is 0 Å². The zero-order chi connectivity index (χ0) is 13.1. The molecule has 0 radical (unpaired) electrons. The van der Waals surface area contributed by atoms with Crippen molar-refractivity contribution in [1.82, 2.24) is 0 Å². The number of hydrogen-bond acceptors (Lipinski definition) is 1. The lowest BCUT2D eigenvalue weighted by molar-refractivity contribution is 0.578. The van der Waals surface area contributed by atoms with Gasteiger partial charge in [-0.25, -0.2) is 0 Å². The Morgan fingerprint density at radius 2 is 1.68 bits per heavy atom. The van der Waals surface area contributed by atoms with Gasteiger partial charge in [-0.15, -0.1) is 0 Å². The van der Waals surface area contributed by atoms with Gasteiger partial charge < -0.3 is 5.32 Å². The average molecular weight is 251 g/mol. The Morgan fingerprint density at radius 3 is 2.47 bits per heavy atom. The third-order valence-corrected chi connectivity index (χ3v) is 4.07. The Hall–Kier alpha value is -1.76. The molecule has 98 valence electrons. The molecule has 0 bridgehead atoms. The molecule has 2 aromatic carbocycles. The zero-order valence-electron chi connectivity index (χ0n) is 11.5. The van der Waals surface area contributed by atoms with E-state index in [0.29, 0.717) is 12.0 Å². The molecule has 0 aliphatic carbocycles. The number of hydrogen-bond donors (Lipinski definition) is 1. The number of rotatable bonds is 4. The van der Waals surface area contributed by atoms with E-state index in [1.54, 1.807) is 0 Å². The van der Waals surface area contributed by atoms with Gasteiger partial charge in [-0.3, -0.25) is 0 Å². The van der Waals surface area contributed by atoms with Crippen molar-refractivity contribution in [3.8, 4) is 0 Å². The van der Waals surface area contributed by atoms with Gasteiger partial charge in [0.05, 0.1) is 0 Å². The van der Waals surface area contributed by atoms with Crippen LogP contribution in [0, 0.1) is 0 Å². The summed E-state index contributed by atoms with van der Waals surface area (Å²) in [5.41, 5.74) is 4.20. The SMILES string of the molecule is CCCC[C@H]1Nc2ccccc2[C@H]1c1ccccc1. The van der Waals surface area contributed by atoms with Gasteiger partial charge in [-0.1, -0.05) is 68.3 Å². The van der Waals surface area contributed by atoms with E-state index in [9.17, 15) is 0 Å². The van der Waals surface area contributed by atoms with Gasteiger partial charge in [-0.2, -0.15) is 0 Å². The van der Waals surface area contributed by atoms with Crippen LogP contribution < -0.4 is 5.32 Å². The van der Waals surface area contributed by atoms with Crippen LogP contribution in [0.4, 0.5) is 5.69 Å².